The van der Waals surface area contributed by atoms with Gasteiger partial charge in [-0.05, 0) is 37.3 Å². The lowest BCUT2D eigenvalue weighted by Gasteiger charge is -2.07. The molecule has 3 aromatic rings. The van der Waals surface area contributed by atoms with E-state index < -0.39 is 17.6 Å². The smallest absolute Gasteiger partial charge is 0.272 e. The Morgan fingerprint density at radius 2 is 1.81 bits per heavy atom. The predicted octanol–water partition coefficient (Wildman–Crippen LogP) is 3.01. The summed E-state index contributed by atoms with van der Waals surface area (Å²) in [6.07, 6.45) is 3.02. The number of aromatic amines is 1. The van der Waals surface area contributed by atoms with Crippen LogP contribution in [-0.4, -0.2) is 60.1 Å². The number of nitrogens with one attached hydrogen (secondary N) is 5. The Labute approximate surface area is 212 Å². The highest BCUT2D eigenvalue weighted by Gasteiger charge is 2.17. The molecule has 10 nitrogen and oxygen atoms in total. The monoisotopic (exact) mass is 518 g/mol. The molecule has 0 saturated carbocycles. The van der Waals surface area contributed by atoms with E-state index in [1.807, 2.05) is 6.92 Å². The van der Waals surface area contributed by atoms with Gasteiger partial charge in [0, 0.05) is 50.7 Å². The van der Waals surface area contributed by atoms with E-state index in [1.54, 1.807) is 23.9 Å². The van der Waals surface area contributed by atoms with Crippen LogP contribution in [0.2, 0.25) is 5.02 Å². The second-order valence-electron chi connectivity index (χ2n) is 7.76. The zero-order valence-corrected chi connectivity index (χ0v) is 20.7. The van der Waals surface area contributed by atoms with Crippen molar-refractivity contribution in [1.29, 1.82) is 0 Å². The van der Waals surface area contributed by atoms with Gasteiger partial charge in [-0.25, -0.2) is 4.39 Å². The van der Waals surface area contributed by atoms with E-state index in [0.29, 0.717) is 44.2 Å². The maximum Gasteiger partial charge on any atom is 0.272 e. The number of amides is 3. The molecule has 0 aliphatic carbocycles. The highest BCUT2D eigenvalue weighted by molar-refractivity contribution is 6.30. The Hall–Kier alpha value is -3.67. The summed E-state index contributed by atoms with van der Waals surface area (Å²) >= 11 is 5.71. The number of nitrogens with zero attached hydrogens (tertiary/aromatic N) is 1. The number of ether oxygens (including phenoxy) is 1. The van der Waals surface area contributed by atoms with Gasteiger partial charge in [0.25, 0.3) is 17.7 Å². The standard InChI is InChI=1S/C24H28ClFN6O4/c1-3-36-9-8-27-6-7-28-24(35)21-12-17(14-32(21)2)31-23(34)20-11-16(13-29-20)30-22(33)18-5-4-15(25)10-19(18)26/h4-5,10-14,27,29H,3,6-9H2,1-2H3,(H,28,35)(H,30,33)(H,31,34). The van der Waals surface area contributed by atoms with Gasteiger partial charge in [0.1, 0.15) is 17.2 Å². The van der Waals surface area contributed by atoms with Crippen molar-refractivity contribution in [3.8, 4) is 0 Å². The fourth-order valence-electron chi connectivity index (χ4n) is 3.30. The Balaban J connectivity index is 1.52. The van der Waals surface area contributed by atoms with Gasteiger partial charge in [0.15, 0.2) is 0 Å². The third-order valence-corrected chi connectivity index (χ3v) is 5.31. The van der Waals surface area contributed by atoms with E-state index in [4.69, 9.17) is 16.3 Å². The van der Waals surface area contributed by atoms with Crippen molar-refractivity contribution in [2.75, 3.05) is 43.5 Å². The molecule has 3 amide bonds. The number of hydrogen-bond acceptors (Lipinski definition) is 5. The molecule has 0 bridgehead atoms. The average Bonchev–Trinajstić information content (AvgIpc) is 3.44. The second kappa shape index (κ2) is 12.9. The highest BCUT2D eigenvalue weighted by Crippen LogP contribution is 2.18. The molecule has 2 aromatic heterocycles. The number of carbonyl (C=O) groups is 3. The van der Waals surface area contributed by atoms with Crippen molar-refractivity contribution >= 4 is 40.7 Å². The second-order valence-corrected chi connectivity index (χ2v) is 8.20. The lowest BCUT2D eigenvalue weighted by molar-refractivity contribution is 0.0943. The van der Waals surface area contributed by atoms with Crippen LogP contribution >= 0.6 is 11.6 Å². The lowest BCUT2D eigenvalue weighted by Crippen LogP contribution is -2.33. The normalized spacial score (nSPS) is 10.8. The minimum Gasteiger partial charge on any atom is -0.380 e. The van der Waals surface area contributed by atoms with E-state index in [1.165, 1.54) is 24.4 Å². The number of H-pyrrole nitrogens is 1. The van der Waals surface area contributed by atoms with Crippen LogP contribution in [0.15, 0.2) is 42.7 Å². The van der Waals surface area contributed by atoms with Gasteiger partial charge in [0.05, 0.1) is 23.5 Å². The minimum atomic E-state index is -0.754. The largest absolute Gasteiger partial charge is 0.380 e. The quantitative estimate of drug-likeness (QED) is 0.235. The number of benzene rings is 1. The van der Waals surface area contributed by atoms with Gasteiger partial charge in [-0.3, -0.25) is 14.4 Å². The van der Waals surface area contributed by atoms with Crippen molar-refractivity contribution in [2.45, 2.75) is 6.92 Å². The molecule has 2 heterocycles. The van der Waals surface area contributed by atoms with Gasteiger partial charge in [0.2, 0.25) is 0 Å². The number of rotatable bonds is 12. The molecular formula is C24H28ClFN6O4. The molecule has 0 saturated heterocycles. The molecule has 0 fully saturated rings. The van der Waals surface area contributed by atoms with Crippen LogP contribution in [0.5, 0.6) is 0 Å². The molecule has 0 radical (unpaired) electrons. The molecule has 0 spiro atoms. The van der Waals surface area contributed by atoms with E-state index in [0.717, 1.165) is 6.07 Å². The number of aryl methyl sites for hydroxylation is 1. The Kier molecular flexibility index (Phi) is 9.62. The molecule has 36 heavy (non-hydrogen) atoms. The molecular weight excluding hydrogens is 491 g/mol. The summed E-state index contributed by atoms with van der Waals surface area (Å²) in [6.45, 7) is 4.95. The average molecular weight is 519 g/mol. The molecule has 3 rings (SSSR count). The van der Waals surface area contributed by atoms with E-state index in [2.05, 4.69) is 26.3 Å². The van der Waals surface area contributed by atoms with Gasteiger partial charge >= 0.3 is 0 Å². The van der Waals surface area contributed by atoms with E-state index >= 15 is 0 Å². The summed E-state index contributed by atoms with van der Waals surface area (Å²) in [5, 5.41) is 11.4. The third-order valence-electron chi connectivity index (χ3n) is 5.07. The zero-order chi connectivity index (χ0) is 26.1. The number of carbonyl (C=O) groups excluding carboxylic acids is 3. The van der Waals surface area contributed by atoms with Crippen LogP contribution in [-0.2, 0) is 11.8 Å². The summed E-state index contributed by atoms with van der Waals surface area (Å²) < 4.78 is 20.8. The van der Waals surface area contributed by atoms with E-state index in [-0.39, 0.29) is 27.9 Å². The third kappa shape index (κ3) is 7.41. The molecule has 12 heteroatoms. The maximum absolute atomic E-state index is 14.0. The Morgan fingerprint density at radius 1 is 1.03 bits per heavy atom. The van der Waals surface area contributed by atoms with Crippen LogP contribution in [0.3, 0.4) is 0 Å². The molecule has 1 aromatic carbocycles. The fraction of sp³-hybridized carbons (Fsp3) is 0.292. The van der Waals surface area contributed by atoms with Crippen molar-refractivity contribution in [3.63, 3.8) is 0 Å². The van der Waals surface area contributed by atoms with Gasteiger partial charge < -0.3 is 35.6 Å². The number of halogens is 2. The number of aromatic nitrogens is 2. The van der Waals surface area contributed by atoms with Crippen LogP contribution in [0, 0.1) is 5.82 Å². The SMILES string of the molecule is CCOCCNCCNC(=O)c1cc(NC(=O)c2cc(NC(=O)c3ccc(Cl)cc3F)c[nH]2)cn1C. The molecule has 0 unspecified atom stereocenters. The van der Waals surface area contributed by atoms with Gasteiger partial charge in [-0.2, -0.15) is 0 Å². The highest BCUT2D eigenvalue weighted by atomic mass is 35.5. The number of anilines is 2. The first kappa shape index (κ1) is 26.9. The topological polar surface area (TPSA) is 129 Å². The van der Waals surface area contributed by atoms with Crippen LogP contribution in [0.1, 0.15) is 38.3 Å². The zero-order valence-electron chi connectivity index (χ0n) is 19.9. The van der Waals surface area contributed by atoms with Crippen molar-refractivity contribution in [2.24, 2.45) is 7.05 Å². The van der Waals surface area contributed by atoms with E-state index in [9.17, 15) is 18.8 Å². The molecule has 5 N–H and O–H groups in total. The maximum atomic E-state index is 14.0. The summed E-state index contributed by atoms with van der Waals surface area (Å²) in [6, 6.07) is 6.70. The Bertz CT molecular complexity index is 1230. The van der Waals surface area contributed by atoms with Crippen molar-refractivity contribution < 1.29 is 23.5 Å². The molecule has 0 aliphatic rings. The summed E-state index contributed by atoms with van der Waals surface area (Å²) in [5.41, 5.74) is 1.07. The van der Waals surface area contributed by atoms with Crippen LogP contribution < -0.4 is 21.3 Å². The molecule has 0 atom stereocenters. The first-order valence-electron chi connectivity index (χ1n) is 11.3. The first-order chi connectivity index (χ1) is 17.3. The molecule has 192 valence electrons. The van der Waals surface area contributed by atoms with Crippen LogP contribution in [0.4, 0.5) is 15.8 Å². The van der Waals surface area contributed by atoms with Gasteiger partial charge in [-0.15, -0.1) is 0 Å². The van der Waals surface area contributed by atoms with Crippen molar-refractivity contribution in [1.82, 2.24) is 20.2 Å². The lowest BCUT2D eigenvalue weighted by atomic mass is 10.2. The van der Waals surface area contributed by atoms with Crippen LogP contribution in [0.25, 0.3) is 0 Å². The summed E-state index contributed by atoms with van der Waals surface area (Å²) in [7, 11) is 1.70. The first-order valence-corrected chi connectivity index (χ1v) is 11.7. The molecule has 0 aliphatic heterocycles. The minimum absolute atomic E-state index is 0.162. The summed E-state index contributed by atoms with van der Waals surface area (Å²) in [5.74, 6) is -2.19. The summed E-state index contributed by atoms with van der Waals surface area (Å²) in [4.78, 5) is 40.2. The van der Waals surface area contributed by atoms with Crippen molar-refractivity contribution in [3.05, 3.63) is 70.5 Å². The number of hydrogen-bond donors (Lipinski definition) is 5. The Morgan fingerprint density at radius 3 is 2.56 bits per heavy atom. The van der Waals surface area contributed by atoms with Gasteiger partial charge in [-0.1, -0.05) is 11.6 Å². The predicted molar refractivity (Wildman–Crippen MR) is 135 cm³/mol. The fourth-order valence-corrected chi connectivity index (χ4v) is 3.45.